The van der Waals surface area contributed by atoms with Gasteiger partial charge in [-0.1, -0.05) is 12.1 Å². The maximum absolute atomic E-state index is 13.6. The number of fused-ring (bicyclic) bond motifs is 1. The quantitative estimate of drug-likeness (QED) is 0.441. The van der Waals surface area contributed by atoms with Crippen LogP contribution in [0.3, 0.4) is 0 Å². The van der Waals surface area contributed by atoms with Crippen LogP contribution in [0.4, 0.5) is 0 Å². The molecule has 1 saturated heterocycles. The Labute approximate surface area is 208 Å². The zero-order chi connectivity index (χ0) is 24.2. The van der Waals surface area contributed by atoms with Crippen LogP contribution in [0, 0.1) is 6.92 Å². The maximum Gasteiger partial charge on any atom is 0.264 e. The molecule has 0 radical (unpaired) electrons. The lowest BCUT2D eigenvalue weighted by Crippen LogP contribution is -2.45. The molecule has 4 heterocycles. The lowest BCUT2D eigenvalue weighted by molar-refractivity contribution is -0.133. The smallest absolute Gasteiger partial charge is 0.264 e. The van der Waals surface area contributed by atoms with E-state index in [1.165, 1.54) is 11.3 Å². The first-order valence-electron chi connectivity index (χ1n) is 11.7. The molecule has 1 atom stereocenters. The Morgan fingerprint density at radius 3 is 2.69 bits per heavy atom. The number of aryl methyl sites for hydroxylation is 1. The van der Waals surface area contributed by atoms with E-state index in [-0.39, 0.29) is 31.3 Å². The summed E-state index contributed by atoms with van der Waals surface area (Å²) in [5.74, 6) is 2.50. The van der Waals surface area contributed by atoms with Gasteiger partial charge >= 0.3 is 0 Å². The number of nitrogens with zero attached hydrogens (tertiary/aromatic N) is 2. The van der Waals surface area contributed by atoms with Crippen molar-refractivity contribution in [2.24, 2.45) is 0 Å². The first-order chi connectivity index (χ1) is 17.0. The molecular weight excluding hydrogens is 468 g/mol. The summed E-state index contributed by atoms with van der Waals surface area (Å²) < 4.78 is 22.4. The number of hydrogen-bond acceptors (Lipinski definition) is 7. The summed E-state index contributed by atoms with van der Waals surface area (Å²) >= 11 is 1.37. The van der Waals surface area contributed by atoms with E-state index in [2.05, 4.69) is 0 Å². The van der Waals surface area contributed by atoms with Crippen molar-refractivity contribution in [3.05, 3.63) is 69.8 Å². The molecule has 2 amide bonds. The predicted molar refractivity (Wildman–Crippen MR) is 129 cm³/mol. The summed E-state index contributed by atoms with van der Waals surface area (Å²) in [5.41, 5.74) is 0.904. The molecule has 3 aromatic rings. The zero-order valence-corrected chi connectivity index (χ0v) is 20.4. The van der Waals surface area contributed by atoms with Gasteiger partial charge in [0, 0.05) is 19.7 Å². The predicted octanol–water partition coefficient (Wildman–Crippen LogP) is 4.23. The van der Waals surface area contributed by atoms with E-state index < -0.39 is 0 Å². The number of carbonyl (C=O) groups is 2. The van der Waals surface area contributed by atoms with E-state index in [4.69, 9.17) is 18.6 Å². The fraction of sp³-hybridized carbons (Fsp3) is 0.385. The normalized spacial score (nSPS) is 16.4. The van der Waals surface area contributed by atoms with Crippen LogP contribution in [0.1, 0.15) is 39.6 Å². The Balaban J connectivity index is 1.36. The van der Waals surface area contributed by atoms with Crippen LogP contribution in [0.15, 0.2) is 52.3 Å². The van der Waals surface area contributed by atoms with Gasteiger partial charge in [-0.05, 0) is 61.0 Å². The number of furan rings is 1. The van der Waals surface area contributed by atoms with Crippen LogP contribution in [-0.2, 0) is 22.6 Å². The van der Waals surface area contributed by atoms with E-state index in [0.29, 0.717) is 48.4 Å². The van der Waals surface area contributed by atoms with E-state index in [9.17, 15) is 9.59 Å². The van der Waals surface area contributed by atoms with Gasteiger partial charge in [0.1, 0.15) is 18.1 Å². The Hall–Kier alpha value is -3.30. The molecule has 2 aliphatic heterocycles. The first kappa shape index (κ1) is 23.4. The lowest BCUT2D eigenvalue weighted by atomic mass is 10.1. The highest BCUT2D eigenvalue weighted by Gasteiger charge is 2.28. The van der Waals surface area contributed by atoms with Gasteiger partial charge in [-0.25, -0.2) is 0 Å². The molecule has 184 valence electrons. The minimum atomic E-state index is -0.167. The van der Waals surface area contributed by atoms with Crippen molar-refractivity contribution in [1.82, 2.24) is 9.80 Å². The molecule has 35 heavy (non-hydrogen) atoms. The molecule has 0 spiro atoms. The molecule has 5 rings (SSSR count). The molecule has 0 saturated carbocycles. The molecule has 0 bridgehead atoms. The summed E-state index contributed by atoms with van der Waals surface area (Å²) in [7, 11) is 0. The molecule has 1 aromatic carbocycles. The third-order valence-corrected chi connectivity index (χ3v) is 6.96. The Bertz CT molecular complexity index is 1170. The fourth-order valence-electron chi connectivity index (χ4n) is 4.32. The molecule has 2 aromatic heterocycles. The third kappa shape index (κ3) is 5.68. The maximum atomic E-state index is 13.6. The second-order valence-electron chi connectivity index (χ2n) is 8.75. The van der Waals surface area contributed by atoms with Crippen LogP contribution in [0.2, 0.25) is 0 Å². The van der Waals surface area contributed by atoms with Gasteiger partial charge in [-0.2, -0.15) is 0 Å². The van der Waals surface area contributed by atoms with Gasteiger partial charge in [0.25, 0.3) is 5.91 Å². The van der Waals surface area contributed by atoms with Crippen molar-refractivity contribution in [2.45, 2.75) is 39.0 Å². The molecule has 2 aliphatic rings. The van der Waals surface area contributed by atoms with Gasteiger partial charge in [0.05, 0.1) is 17.5 Å². The highest BCUT2D eigenvalue weighted by molar-refractivity contribution is 7.12. The summed E-state index contributed by atoms with van der Waals surface area (Å²) in [6, 6.07) is 13.0. The number of carbonyl (C=O) groups excluding carboxylic acids is 2. The molecular formula is C26H28N2O6S. The SMILES string of the molecule is Cc1ccc(CN(Cc2ccc3c(c2)OCO3)C(=O)CN(CC2CCCO2)C(=O)c2cccs2)o1. The Morgan fingerprint density at radius 1 is 1.06 bits per heavy atom. The monoisotopic (exact) mass is 496 g/mol. The number of rotatable bonds is 9. The van der Waals surface area contributed by atoms with Gasteiger partial charge in [-0.15, -0.1) is 11.3 Å². The molecule has 1 unspecified atom stereocenters. The molecule has 9 heteroatoms. The number of thiophene rings is 1. The number of benzene rings is 1. The van der Waals surface area contributed by atoms with E-state index in [0.717, 1.165) is 24.2 Å². The fourth-order valence-corrected chi connectivity index (χ4v) is 5.01. The van der Waals surface area contributed by atoms with Crippen LogP contribution >= 0.6 is 11.3 Å². The number of amides is 2. The van der Waals surface area contributed by atoms with Crippen molar-refractivity contribution >= 4 is 23.2 Å². The minimum Gasteiger partial charge on any atom is -0.464 e. The van der Waals surface area contributed by atoms with Crippen molar-refractivity contribution in [3.8, 4) is 11.5 Å². The molecule has 8 nitrogen and oxygen atoms in total. The summed E-state index contributed by atoms with van der Waals surface area (Å²) in [4.78, 5) is 30.8. The van der Waals surface area contributed by atoms with Gasteiger partial charge < -0.3 is 28.4 Å². The van der Waals surface area contributed by atoms with Crippen molar-refractivity contribution in [2.75, 3.05) is 26.5 Å². The standard InChI is InChI=1S/C26H28N2O6S/c1-18-6-8-21(34-18)15-27(13-19-7-9-22-23(12-19)33-17-32-22)25(29)16-28(14-20-4-2-10-31-20)26(30)24-5-3-11-35-24/h3,5-9,11-12,20H,2,4,10,13-17H2,1H3. The van der Waals surface area contributed by atoms with Crippen LogP contribution in [0.5, 0.6) is 11.5 Å². The highest BCUT2D eigenvalue weighted by atomic mass is 32.1. The highest BCUT2D eigenvalue weighted by Crippen LogP contribution is 2.33. The van der Waals surface area contributed by atoms with Gasteiger partial charge in [0.15, 0.2) is 11.5 Å². The molecule has 0 N–H and O–H groups in total. The number of hydrogen-bond donors (Lipinski definition) is 0. The van der Waals surface area contributed by atoms with Crippen molar-refractivity contribution < 1.29 is 28.2 Å². The molecule has 0 aliphatic carbocycles. The van der Waals surface area contributed by atoms with E-state index in [1.54, 1.807) is 15.9 Å². The van der Waals surface area contributed by atoms with Crippen LogP contribution in [0.25, 0.3) is 0 Å². The summed E-state index contributed by atoms with van der Waals surface area (Å²) in [5, 5.41) is 1.87. The first-order valence-corrected chi connectivity index (χ1v) is 12.6. The summed E-state index contributed by atoms with van der Waals surface area (Å²) in [6.45, 7) is 3.74. The largest absolute Gasteiger partial charge is 0.464 e. The second-order valence-corrected chi connectivity index (χ2v) is 9.70. The number of ether oxygens (including phenoxy) is 3. The Kier molecular flexibility index (Phi) is 7.06. The van der Waals surface area contributed by atoms with Crippen molar-refractivity contribution in [3.63, 3.8) is 0 Å². The topological polar surface area (TPSA) is 81.5 Å². The van der Waals surface area contributed by atoms with Crippen LogP contribution < -0.4 is 9.47 Å². The summed E-state index contributed by atoms with van der Waals surface area (Å²) in [6.07, 6.45) is 1.80. The average Bonchev–Trinajstić information content (AvgIpc) is 3.66. The van der Waals surface area contributed by atoms with Gasteiger partial charge in [0.2, 0.25) is 12.7 Å². The van der Waals surface area contributed by atoms with E-state index >= 15 is 0 Å². The zero-order valence-electron chi connectivity index (χ0n) is 19.6. The second kappa shape index (κ2) is 10.5. The Morgan fingerprint density at radius 2 is 1.94 bits per heavy atom. The third-order valence-electron chi connectivity index (χ3n) is 6.10. The average molecular weight is 497 g/mol. The molecule has 1 fully saturated rings. The van der Waals surface area contributed by atoms with Gasteiger partial charge in [-0.3, -0.25) is 9.59 Å². The lowest BCUT2D eigenvalue weighted by Gasteiger charge is -2.28. The van der Waals surface area contributed by atoms with E-state index in [1.807, 2.05) is 48.7 Å². The van der Waals surface area contributed by atoms with Crippen molar-refractivity contribution in [1.29, 1.82) is 0 Å². The minimum absolute atomic E-state index is 0.0408. The van der Waals surface area contributed by atoms with Crippen LogP contribution in [-0.4, -0.2) is 54.2 Å².